The summed E-state index contributed by atoms with van der Waals surface area (Å²) in [5.41, 5.74) is 1.45. The van der Waals surface area contributed by atoms with Gasteiger partial charge in [0.15, 0.2) is 5.69 Å². The Morgan fingerprint density at radius 2 is 1.95 bits per heavy atom. The van der Waals surface area contributed by atoms with E-state index in [1.165, 1.54) is 19.4 Å². The molecule has 4 fully saturated rings. The SMILES string of the molecule is O=C(NC1[C@@H]2CC3C[C@H]1CN(C3)C2)c1n[nH]c2ccccc12. The molecule has 2 aromatic rings. The van der Waals surface area contributed by atoms with E-state index in [0.29, 0.717) is 23.6 Å². The van der Waals surface area contributed by atoms with E-state index in [1.54, 1.807) is 0 Å². The maximum Gasteiger partial charge on any atom is 0.272 e. The van der Waals surface area contributed by atoms with Crippen molar-refractivity contribution >= 4 is 16.8 Å². The second-order valence-corrected chi connectivity index (χ2v) is 7.19. The molecule has 4 aliphatic rings. The second kappa shape index (κ2) is 4.56. The summed E-state index contributed by atoms with van der Waals surface area (Å²) < 4.78 is 0. The van der Waals surface area contributed by atoms with Crippen LogP contribution in [0.4, 0.5) is 0 Å². The van der Waals surface area contributed by atoms with Crippen LogP contribution in [0.15, 0.2) is 24.3 Å². The summed E-state index contributed by atoms with van der Waals surface area (Å²) >= 11 is 0. The Labute approximate surface area is 129 Å². The standard InChI is InChI=1S/C17H20N4O/c22-17(16-13-3-1-2-4-14(13)19-20-16)18-15-11-5-10-6-12(15)9-21(7-10)8-11/h1-4,10-12,15H,5-9H2,(H,18,22)(H,19,20)/t10?,11-,12+,15?. The first kappa shape index (κ1) is 12.6. The molecule has 22 heavy (non-hydrogen) atoms. The van der Waals surface area contributed by atoms with Gasteiger partial charge in [0, 0.05) is 31.1 Å². The number of para-hydroxylation sites is 1. The van der Waals surface area contributed by atoms with Crippen molar-refractivity contribution in [1.82, 2.24) is 20.4 Å². The highest BCUT2D eigenvalue weighted by molar-refractivity contribution is 6.04. The zero-order valence-corrected chi connectivity index (χ0v) is 12.5. The van der Waals surface area contributed by atoms with Gasteiger partial charge >= 0.3 is 0 Å². The van der Waals surface area contributed by atoms with Crippen molar-refractivity contribution in [3.8, 4) is 0 Å². The molecule has 5 atom stereocenters. The minimum absolute atomic E-state index is 0.0232. The summed E-state index contributed by atoms with van der Waals surface area (Å²) in [6.45, 7) is 3.58. The number of amides is 1. The lowest BCUT2D eigenvalue weighted by Crippen LogP contribution is -2.64. The molecule has 0 spiro atoms. The molecule has 1 amide bonds. The normalized spacial score (nSPS) is 35.9. The molecule has 4 heterocycles. The number of hydrogen-bond acceptors (Lipinski definition) is 3. The largest absolute Gasteiger partial charge is 0.347 e. The van der Waals surface area contributed by atoms with Crippen LogP contribution < -0.4 is 5.32 Å². The van der Waals surface area contributed by atoms with Crippen LogP contribution >= 0.6 is 0 Å². The maximum absolute atomic E-state index is 12.7. The highest BCUT2D eigenvalue weighted by atomic mass is 16.2. The summed E-state index contributed by atoms with van der Waals surface area (Å²) in [5.74, 6) is 2.09. The van der Waals surface area contributed by atoms with Crippen molar-refractivity contribution in [2.45, 2.75) is 18.9 Å². The monoisotopic (exact) mass is 296 g/mol. The number of nitrogens with one attached hydrogen (secondary N) is 2. The Bertz CT molecular complexity index is 709. The van der Waals surface area contributed by atoms with E-state index in [9.17, 15) is 4.79 Å². The molecule has 3 saturated heterocycles. The van der Waals surface area contributed by atoms with Gasteiger partial charge in [0.2, 0.25) is 0 Å². The highest BCUT2D eigenvalue weighted by Crippen LogP contribution is 2.43. The van der Waals surface area contributed by atoms with E-state index in [4.69, 9.17) is 0 Å². The van der Waals surface area contributed by atoms with Crippen LogP contribution in [-0.4, -0.2) is 46.7 Å². The van der Waals surface area contributed by atoms with Crippen molar-refractivity contribution in [1.29, 1.82) is 0 Å². The van der Waals surface area contributed by atoms with Gasteiger partial charge in [-0.25, -0.2) is 0 Å². The average molecular weight is 296 g/mol. The molecule has 6 rings (SSSR count). The predicted molar refractivity (Wildman–Crippen MR) is 83.5 cm³/mol. The summed E-state index contributed by atoms with van der Waals surface area (Å²) in [6.07, 6.45) is 2.55. The number of benzene rings is 1. The number of piperidine rings is 3. The van der Waals surface area contributed by atoms with E-state index in [2.05, 4.69) is 20.4 Å². The van der Waals surface area contributed by atoms with Gasteiger partial charge in [0.25, 0.3) is 5.91 Å². The van der Waals surface area contributed by atoms with Gasteiger partial charge in [-0.15, -0.1) is 0 Å². The van der Waals surface area contributed by atoms with Gasteiger partial charge in [-0.3, -0.25) is 9.89 Å². The summed E-state index contributed by atoms with van der Waals surface area (Å²) in [4.78, 5) is 15.3. The third-order valence-electron chi connectivity index (χ3n) is 5.77. The third kappa shape index (κ3) is 1.81. The van der Waals surface area contributed by atoms with Crippen LogP contribution in [0.5, 0.6) is 0 Å². The van der Waals surface area contributed by atoms with Crippen LogP contribution in [0.25, 0.3) is 10.9 Å². The number of aromatic nitrogens is 2. The molecule has 2 N–H and O–H groups in total. The Balaban J connectivity index is 1.41. The van der Waals surface area contributed by atoms with Gasteiger partial charge in [0.05, 0.1) is 5.52 Å². The number of hydrogen-bond donors (Lipinski definition) is 2. The lowest BCUT2D eigenvalue weighted by Gasteiger charge is -2.55. The number of H-pyrrole nitrogens is 1. The Hall–Kier alpha value is -1.88. The minimum Gasteiger partial charge on any atom is -0.347 e. The number of aromatic amines is 1. The minimum atomic E-state index is -0.0232. The van der Waals surface area contributed by atoms with Crippen LogP contribution in [-0.2, 0) is 0 Å². The van der Waals surface area contributed by atoms with Crippen molar-refractivity contribution in [2.24, 2.45) is 17.8 Å². The highest BCUT2D eigenvalue weighted by Gasteiger charge is 2.48. The summed E-state index contributed by atoms with van der Waals surface area (Å²) in [5, 5.41) is 11.4. The number of carbonyl (C=O) groups is 1. The molecule has 5 heteroatoms. The zero-order chi connectivity index (χ0) is 14.7. The average Bonchev–Trinajstić information content (AvgIpc) is 2.94. The van der Waals surface area contributed by atoms with Crippen LogP contribution in [0.2, 0.25) is 0 Å². The fraction of sp³-hybridized carbons (Fsp3) is 0.529. The zero-order valence-electron chi connectivity index (χ0n) is 12.5. The van der Waals surface area contributed by atoms with Crippen LogP contribution in [0.3, 0.4) is 0 Å². The topological polar surface area (TPSA) is 61.0 Å². The van der Waals surface area contributed by atoms with Crippen LogP contribution in [0, 0.1) is 17.8 Å². The van der Waals surface area contributed by atoms with E-state index in [-0.39, 0.29) is 5.91 Å². The summed E-state index contributed by atoms with van der Waals surface area (Å²) in [6, 6.07) is 8.14. The first-order valence-corrected chi connectivity index (χ1v) is 8.24. The fourth-order valence-corrected chi connectivity index (χ4v) is 5.00. The lowest BCUT2D eigenvalue weighted by atomic mass is 9.65. The molecule has 1 aliphatic carbocycles. The quantitative estimate of drug-likeness (QED) is 0.885. The lowest BCUT2D eigenvalue weighted by molar-refractivity contribution is -0.0419. The van der Waals surface area contributed by atoms with E-state index in [0.717, 1.165) is 29.9 Å². The molecule has 1 aromatic heterocycles. The molecule has 0 radical (unpaired) electrons. The molecule has 3 unspecified atom stereocenters. The molecule has 3 aliphatic heterocycles. The molecule has 4 bridgehead atoms. The molecule has 5 nitrogen and oxygen atoms in total. The second-order valence-electron chi connectivity index (χ2n) is 7.19. The first-order chi connectivity index (χ1) is 10.8. The fourth-order valence-electron chi connectivity index (χ4n) is 5.00. The molecule has 114 valence electrons. The van der Waals surface area contributed by atoms with Crippen molar-refractivity contribution in [3.05, 3.63) is 30.0 Å². The maximum atomic E-state index is 12.7. The number of carbonyl (C=O) groups excluding carboxylic acids is 1. The predicted octanol–water partition coefficient (Wildman–Crippen LogP) is 1.63. The Morgan fingerprint density at radius 1 is 1.18 bits per heavy atom. The van der Waals surface area contributed by atoms with Crippen LogP contribution in [0.1, 0.15) is 23.3 Å². The number of rotatable bonds is 2. The molecule has 1 aromatic carbocycles. The van der Waals surface area contributed by atoms with Gasteiger partial charge in [-0.05, 0) is 36.7 Å². The van der Waals surface area contributed by atoms with Gasteiger partial charge in [0.1, 0.15) is 0 Å². The van der Waals surface area contributed by atoms with E-state index < -0.39 is 0 Å². The van der Waals surface area contributed by atoms with Gasteiger partial charge in [-0.1, -0.05) is 18.2 Å². The first-order valence-electron chi connectivity index (χ1n) is 8.24. The summed E-state index contributed by atoms with van der Waals surface area (Å²) in [7, 11) is 0. The van der Waals surface area contributed by atoms with Crippen molar-refractivity contribution in [3.63, 3.8) is 0 Å². The number of fused-ring (bicyclic) bond motifs is 1. The van der Waals surface area contributed by atoms with Gasteiger partial charge < -0.3 is 10.2 Å². The molecule has 1 saturated carbocycles. The van der Waals surface area contributed by atoms with E-state index in [1.807, 2.05) is 24.3 Å². The third-order valence-corrected chi connectivity index (χ3v) is 5.77. The van der Waals surface area contributed by atoms with Crippen molar-refractivity contribution < 1.29 is 4.79 Å². The number of nitrogens with zero attached hydrogens (tertiary/aromatic N) is 2. The van der Waals surface area contributed by atoms with Crippen molar-refractivity contribution in [2.75, 3.05) is 19.6 Å². The van der Waals surface area contributed by atoms with E-state index >= 15 is 0 Å². The Morgan fingerprint density at radius 3 is 2.73 bits per heavy atom. The Kier molecular flexibility index (Phi) is 2.62. The van der Waals surface area contributed by atoms with Gasteiger partial charge in [-0.2, -0.15) is 5.10 Å². The smallest absolute Gasteiger partial charge is 0.272 e. The molecular formula is C17H20N4O. The molecular weight excluding hydrogens is 276 g/mol.